The van der Waals surface area contributed by atoms with Crippen molar-refractivity contribution in [2.75, 3.05) is 44.0 Å². The van der Waals surface area contributed by atoms with Gasteiger partial charge in [0.1, 0.15) is 23.4 Å². The number of sulfonamides is 1. The average molecular weight is 531 g/mol. The quantitative estimate of drug-likeness (QED) is 0.391. The zero-order valence-electron chi connectivity index (χ0n) is 21.0. The molecule has 0 spiro atoms. The van der Waals surface area contributed by atoms with Crippen LogP contribution in [-0.2, 0) is 14.8 Å². The monoisotopic (exact) mass is 530 g/mol. The van der Waals surface area contributed by atoms with E-state index in [0.717, 1.165) is 41.4 Å². The number of fused-ring (bicyclic) bond motifs is 1. The molecule has 9 nitrogen and oxygen atoms in total. The van der Waals surface area contributed by atoms with Gasteiger partial charge in [-0.2, -0.15) is 5.10 Å². The van der Waals surface area contributed by atoms with Gasteiger partial charge in [0, 0.05) is 44.5 Å². The molecule has 2 aromatic heterocycles. The van der Waals surface area contributed by atoms with Crippen LogP contribution in [0, 0.1) is 5.82 Å². The third-order valence-corrected chi connectivity index (χ3v) is 8.93. The molecule has 0 saturated carbocycles. The van der Waals surface area contributed by atoms with Crippen LogP contribution >= 0.6 is 0 Å². The Balaban J connectivity index is 1.42. The van der Waals surface area contributed by atoms with Gasteiger partial charge in [-0.1, -0.05) is 6.92 Å². The number of hydrogen-bond donors (Lipinski definition) is 0. The highest BCUT2D eigenvalue weighted by atomic mass is 32.2. The highest BCUT2D eigenvalue weighted by Gasteiger charge is 2.29. The maximum atomic E-state index is 14.6. The fourth-order valence-electron chi connectivity index (χ4n) is 4.98. The Hall–Kier alpha value is -3.02. The summed E-state index contributed by atoms with van der Waals surface area (Å²) in [6.45, 7) is 3.91. The largest absolute Gasteiger partial charge is 0.488 e. The fraction of sp³-hybridized carbons (Fsp3) is 0.462. The SMILES string of the molecule is CCN(C)S(=O)(=O)CC(=O)c1cnn2ccc(N3CCC[C@@H]3c3cc(F)cc(O[C@@H]4CCOC4)c3)cc12. The van der Waals surface area contributed by atoms with Gasteiger partial charge in [0.2, 0.25) is 10.0 Å². The van der Waals surface area contributed by atoms with Crippen LogP contribution in [0.4, 0.5) is 10.1 Å². The number of hydrogen-bond acceptors (Lipinski definition) is 7. The topological polar surface area (TPSA) is 93.5 Å². The fourth-order valence-corrected chi connectivity index (χ4v) is 6.08. The Labute approximate surface area is 215 Å². The first-order chi connectivity index (χ1) is 17.7. The standard InChI is InChI=1S/C26H31FN4O5S/c1-3-29(2)37(33,34)17-26(32)23-15-28-31-9-6-20(14-25(23)31)30-8-4-5-24(30)18-11-19(27)13-22(12-18)36-21-7-10-35-16-21/h6,9,11-15,21,24H,3-5,7-8,10,16-17H2,1-2H3/t21-,24-/m1/s1. The van der Waals surface area contributed by atoms with Crippen LogP contribution in [0.15, 0.2) is 42.7 Å². The van der Waals surface area contributed by atoms with Crippen LogP contribution in [0.5, 0.6) is 5.75 Å². The van der Waals surface area contributed by atoms with Crippen LogP contribution in [-0.4, -0.2) is 73.3 Å². The molecule has 0 radical (unpaired) electrons. The number of pyridine rings is 1. The van der Waals surface area contributed by atoms with Crippen molar-refractivity contribution in [3.8, 4) is 5.75 Å². The molecule has 0 unspecified atom stereocenters. The van der Waals surface area contributed by atoms with Crippen molar-refractivity contribution in [1.29, 1.82) is 0 Å². The van der Waals surface area contributed by atoms with Crippen molar-refractivity contribution >= 4 is 27.0 Å². The molecule has 0 N–H and O–H groups in total. The van der Waals surface area contributed by atoms with E-state index in [-0.39, 0.29) is 30.1 Å². The lowest BCUT2D eigenvalue weighted by Crippen LogP contribution is -2.32. The second kappa shape index (κ2) is 10.4. The van der Waals surface area contributed by atoms with E-state index in [1.807, 2.05) is 18.2 Å². The minimum absolute atomic E-state index is 0.0685. The van der Waals surface area contributed by atoms with Gasteiger partial charge >= 0.3 is 0 Å². The Bertz CT molecular complexity index is 1400. The minimum atomic E-state index is -3.71. The number of ketones is 1. The highest BCUT2D eigenvalue weighted by molar-refractivity contribution is 7.89. The first kappa shape index (κ1) is 25.6. The number of ether oxygens (including phenoxy) is 2. The van der Waals surface area contributed by atoms with Crippen LogP contribution < -0.4 is 9.64 Å². The molecule has 2 saturated heterocycles. The number of anilines is 1. The molecule has 5 rings (SSSR count). The normalized spacial score (nSPS) is 20.3. The number of aromatic nitrogens is 2. The average Bonchev–Trinajstić information content (AvgIpc) is 3.63. The molecule has 2 fully saturated rings. The maximum absolute atomic E-state index is 14.6. The van der Waals surface area contributed by atoms with E-state index in [9.17, 15) is 17.6 Å². The number of halogens is 1. The summed E-state index contributed by atoms with van der Waals surface area (Å²) in [6.07, 6.45) is 5.63. The number of carbonyl (C=O) groups is 1. The molecule has 1 aromatic carbocycles. The van der Waals surface area contributed by atoms with Crippen molar-refractivity contribution in [2.45, 2.75) is 38.3 Å². The van der Waals surface area contributed by atoms with Crippen molar-refractivity contribution in [2.24, 2.45) is 0 Å². The number of Topliss-reactive ketones (excluding diaryl/α,β-unsaturated/α-hetero) is 1. The van der Waals surface area contributed by atoms with E-state index >= 15 is 0 Å². The predicted molar refractivity (Wildman–Crippen MR) is 137 cm³/mol. The summed E-state index contributed by atoms with van der Waals surface area (Å²) in [4.78, 5) is 15.1. The van der Waals surface area contributed by atoms with E-state index in [2.05, 4.69) is 10.00 Å². The lowest BCUT2D eigenvalue weighted by atomic mass is 10.0. The smallest absolute Gasteiger partial charge is 0.221 e. The third kappa shape index (κ3) is 5.34. The Morgan fingerprint density at radius 2 is 2.11 bits per heavy atom. The van der Waals surface area contributed by atoms with Crippen LogP contribution in [0.1, 0.15) is 48.1 Å². The van der Waals surface area contributed by atoms with E-state index < -0.39 is 21.6 Å². The van der Waals surface area contributed by atoms with E-state index in [1.165, 1.54) is 19.3 Å². The zero-order valence-corrected chi connectivity index (χ0v) is 21.8. The highest BCUT2D eigenvalue weighted by Crippen LogP contribution is 2.38. The summed E-state index contributed by atoms with van der Waals surface area (Å²) in [5, 5.41) is 4.24. The van der Waals surface area contributed by atoms with Gasteiger partial charge in [0.25, 0.3) is 0 Å². The molecular weight excluding hydrogens is 499 g/mol. The molecule has 0 aliphatic carbocycles. The number of rotatable bonds is 9. The van der Waals surface area contributed by atoms with Crippen LogP contribution in [0.2, 0.25) is 0 Å². The van der Waals surface area contributed by atoms with Gasteiger partial charge in [-0.15, -0.1) is 0 Å². The van der Waals surface area contributed by atoms with Crippen molar-refractivity contribution in [3.63, 3.8) is 0 Å². The summed E-state index contributed by atoms with van der Waals surface area (Å²) in [5.74, 6) is -0.980. The third-order valence-electron chi connectivity index (χ3n) is 7.09. The summed E-state index contributed by atoms with van der Waals surface area (Å²) in [7, 11) is -2.26. The lowest BCUT2D eigenvalue weighted by molar-refractivity contribution is 0.102. The number of benzene rings is 1. The summed E-state index contributed by atoms with van der Waals surface area (Å²) < 4.78 is 53.6. The summed E-state index contributed by atoms with van der Waals surface area (Å²) in [6, 6.07) is 8.53. The van der Waals surface area contributed by atoms with Gasteiger partial charge in [0.15, 0.2) is 5.78 Å². The Morgan fingerprint density at radius 1 is 1.27 bits per heavy atom. The molecule has 2 aliphatic rings. The van der Waals surface area contributed by atoms with Gasteiger partial charge in [-0.3, -0.25) is 4.79 Å². The molecule has 2 aliphatic heterocycles. The van der Waals surface area contributed by atoms with Crippen molar-refractivity contribution < 1.29 is 27.1 Å². The van der Waals surface area contributed by atoms with Crippen LogP contribution in [0.3, 0.4) is 0 Å². The van der Waals surface area contributed by atoms with Gasteiger partial charge in [-0.05, 0) is 42.7 Å². The second-order valence-corrected chi connectivity index (χ2v) is 11.6. The molecule has 4 heterocycles. The molecule has 0 bridgehead atoms. The molecular formula is C26H31FN4O5S. The van der Waals surface area contributed by atoms with Gasteiger partial charge in [0.05, 0.1) is 36.5 Å². The van der Waals surface area contributed by atoms with Crippen molar-refractivity contribution in [3.05, 3.63) is 59.7 Å². The van der Waals surface area contributed by atoms with Crippen molar-refractivity contribution in [1.82, 2.24) is 13.9 Å². The van der Waals surface area contributed by atoms with Gasteiger partial charge in [-0.25, -0.2) is 21.6 Å². The first-order valence-corrected chi connectivity index (χ1v) is 14.1. The maximum Gasteiger partial charge on any atom is 0.221 e. The minimum Gasteiger partial charge on any atom is -0.488 e. The molecule has 11 heteroatoms. The molecule has 3 aromatic rings. The molecule has 198 valence electrons. The summed E-state index contributed by atoms with van der Waals surface area (Å²) in [5.41, 5.74) is 2.47. The molecule has 37 heavy (non-hydrogen) atoms. The molecule has 0 amide bonds. The van der Waals surface area contributed by atoms with Crippen LogP contribution in [0.25, 0.3) is 5.52 Å². The van der Waals surface area contributed by atoms with Gasteiger partial charge < -0.3 is 14.4 Å². The predicted octanol–water partition coefficient (Wildman–Crippen LogP) is 3.45. The summed E-state index contributed by atoms with van der Waals surface area (Å²) >= 11 is 0. The number of nitrogens with zero attached hydrogens (tertiary/aromatic N) is 4. The Kier molecular flexibility index (Phi) is 7.19. The Morgan fingerprint density at radius 3 is 2.86 bits per heavy atom. The van der Waals surface area contributed by atoms with E-state index in [4.69, 9.17) is 9.47 Å². The zero-order chi connectivity index (χ0) is 26.2. The van der Waals surface area contributed by atoms with E-state index in [1.54, 1.807) is 23.7 Å². The molecule has 2 atom stereocenters. The number of carbonyl (C=O) groups excluding carboxylic acids is 1. The second-order valence-electron chi connectivity index (χ2n) is 9.54. The lowest BCUT2D eigenvalue weighted by Gasteiger charge is -2.28. The first-order valence-electron chi connectivity index (χ1n) is 12.5. The van der Waals surface area contributed by atoms with E-state index in [0.29, 0.717) is 24.5 Å².